The number of carbonyl (C=O) groups is 1. The number of hydrogen-bond donors (Lipinski definition) is 2. The smallest absolute Gasteiger partial charge is 0.262 e. The summed E-state index contributed by atoms with van der Waals surface area (Å²) >= 11 is 0. The van der Waals surface area contributed by atoms with Gasteiger partial charge in [0, 0.05) is 7.11 Å². The molecule has 0 aromatic heterocycles. The molecular weight excluding hydrogens is 200 g/mol. The second kappa shape index (κ2) is 9.85. The van der Waals surface area contributed by atoms with E-state index in [1.54, 1.807) is 7.11 Å². The van der Waals surface area contributed by atoms with E-state index in [0.29, 0.717) is 32.8 Å². The van der Waals surface area contributed by atoms with Crippen LogP contribution in [0.15, 0.2) is 0 Å². The van der Waals surface area contributed by atoms with E-state index in [0.717, 1.165) is 0 Å². The Bertz CT molecular complexity index is 166. The molecule has 0 aliphatic carbocycles. The molecule has 15 heavy (non-hydrogen) atoms. The van der Waals surface area contributed by atoms with E-state index in [4.69, 9.17) is 20.1 Å². The zero-order valence-electron chi connectivity index (χ0n) is 9.32. The van der Waals surface area contributed by atoms with E-state index in [1.807, 2.05) is 6.92 Å². The number of methoxy groups -OCH3 is 1. The van der Waals surface area contributed by atoms with Gasteiger partial charge in [-0.15, -0.1) is 0 Å². The fourth-order valence-electron chi connectivity index (χ4n) is 0.965. The summed E-state index contributed by atoms with van der Waals surface area (Å²) in [6.45, 7) is 3.75. The Hall–Kier alpha value is -0.690. The first-order chi connectivity index (χ1) is 7.26. The highest BCUT2D eigenvalue weighted by Gasteiger charge is 2.14. The number of ether oxygens (including phenoxy) is 3. The molecule has 90 valence electrons. The zero-order valence-corrected chi connectivity index (χ0v) is 9.32. The third-order valence-corrected chi connectivity index (χ3v) is 1.78. The quantitative estimate of drug-likeness (QED) is 0.235. The summed E-state index contributed by atoms with van der Waals surface area (Å²) < 4.78 is 15.2. The monoisotopic (exact) mass is 220 g/mol. The number of hydrazine groups is 1. The van der Waals surface area contributed by atoms with Crippen LogP contribution in [0.5, 0.6) is 0 Å². The molecule has 3 N–H and O–H groups in total. The number of carbonyl (C=O) groups excluding carboxylic acids is 1. The van der Waals surface area contributed by atoms with E-state index in [-0.39, 0.29) is 5.91 Å². The van der Waals surface area contributed by atoms with Gasteiger partial charge in [0.15, 0.2) is 0 Å². The van der Waals surface area contributed by atoms with Crippen LogP contribution in [0.2, 0.25) is 0 Å². The minimum Gasteiger partial charge on any atom is -0.382 e. The molecule has 0 saturated carbocycles. The maximum Gasteiger partial charge on any atom is 0.262 e. The first-order valence-corrected chi connectivity index (χ1v) is 4.95. The fraction of sp³-hybridized carbons (Fsp3) is 0.889. The summed E-state index contributed by atoms with van der Waals surface area (Å²) in [5.74, 6) is 4.68. The van der Waals surface area contributed by atoms with Crippen LogP contribution in [0.3, 0.4) is 0 Å². The minimum atomic E-state index is -0.499. The van der Waals surface area contributed by atoms with Gasteiger partial charge in [0.2, 0.25) is 0 Å². The van der Waals surface area contributed by atoms with Gasteiger partial charge in [0.25, 0.3) is 5.91 Å². The van der Waals surface area contributed by atoms with Crippen molar-refractivity contribution in [1.82, 2.24) is 5.43 Å². The maximum absolute atomic E-state index is 11.1. The molecule has 0 aromatic rings. The van der Waals surface area contributed by atoms with Crippen molar-refractivity contribution < 1.29 is 19.0 Å². The maximum atomic E-state index is 11.1. The van der Waals surface area contributed by atoms with Gasteiger partial charge >= 0.3 is 0 Å². The predicted octanol–water partition coefficient (Wildman–Crippen LogP) is -0.565. The number of amides is 1. The average Bonchev–Trinajstić information content (AvgIpc) is 2.27. The second-order valence-corrected chi connectivity index (χ2v) is 2.88. The van der Waals surface area contributed by atoms with E-state index < -0.39 is 6.10 Å². The van der Waals surface area contributed by atoms with Gasteiger partial charge in [-0.3, -0.25) is 10.2 Å². The molecule has 0 aliphatic heterocycles. The Kier molecular flexibility index (Phi) is 9.40. The van der Waals surface area contributed by atoms with Gasteiger partial charge in [0.05, 0.1) is 26.4 Å². The Balaban J connectivity index is 3.42. The highest BCUT2D eigenvalue weighted by atomic mass is 16.5. The zero-order chi connectivity index (χ0) is 11.5. The van der Waals surface area contributed by atoms with Gasteiger partial charge in [-0.2, -0.15) is 0 Å². The molecule has 0 rings (SSSR count). The Morgan fingerprint density at radius 2 is 2.00 bits per heavy atom. The normalized spacial score (nSPS) is 12.5. The predicted molar refractivity (Wildman–Crippen MR) is 55.1 cm³/mol. The number of nitrogens with two attached hydrogens (primary N) is 1. The number of rotatable bonds is 9. The summed E-state index contributed by atoms with van der Waals surface area (Å²) in [5, 5.41) is 0. The Labute approximate surface area is 90.0 Å². The van der Waals surface area contributed by atoms with Crippen molar-refractivity contribution in [1.29, 1.82) is 0 Å². The van der Waals surface area contributed by atoms with Crippen LogP contribution in [0.25, 0.3) is 0 Å². The van der Waals surface area contributed by atoms with Crippen LogP contribution in [0, 0.1) is 0 Å². The molecule has 0 aliphatic rings. The lowest BCUT2D eigenvalue weighted by Gasteiger charge is -2.14. The number of nitrogens with one attached hydrogen (secondary N) is 1. The summed E-state index contributed by atoms with van der Waals surface area (Å²) in [6.07, 6.45) is 0.0854. The molecule has 6 heteroatoms. The minimum absolute atomic E-state index is 0.311. The molecule has 6 nitrogen and oxygen atoms in total. The van der Waals surface area contributed by atoms with Gasteiger partial charge in [-0.25, -0.2) is 5.84 Å². The van der Waals surface area contributed by atoms with Crippen molar-refractivity contribution in [3.63, 3.8) is 0 Å². The summed E-state index contributed by atoms with van der Waals surface area (Å²) in [5.41, 5.74) is 2.05. The highest BCUT2D eigenvalue weighted by Crippen LogP contribution is 1.97. The largest absolute Gasteiger partial charge is 0.382 e. The second-order valence-electron chi connectivity index (χ2n) is 2.88. The topological polar surface area (TPSA) is 82.8 Å². The first-order valence-electron chi connectivity index (χ1n) is 4.95. The van der Waals surface area contributed by atoms with Crippen LogP contribution in [-0.4, -0.2) is 45.5 Å². The van der Waals surface area contributed by atoms with Crippen LogP contribution in [0.1, 0.15) is 13.3 Å². The van der Waals surface area contributed by atoms with Crippen LogP contribution >= 0.6 is 0 Å². The van der Waals surface area contributed by atoms with Crippen LogP contribution < -0.4 is 11.3 Å². The SMILES string of the molecule is CCC(OCCOCCOC)C(=O)NN. The van der Waals surface area contributed by atoms with E-state index >= 15 is 0 Å². The van der Waals surface area contributed by atoms with Crippen LogP contribution in [-0.2, 0) is 19.0 Å². The molecule has 0 aromatic carbocycles. The molecule has 1 amide bonds. The molecule has 0 fully saturated rings. The third-order valence-electron chi connectivity index (χ3n) is 1.78. The van der Waals surface area contributed by atoms with Gasteiger partial charge in [0.1, 0.15) is 6.10 Å². The van der Waals surface area contributed by atoms with Crippen molar-refractivity contribution in [3.05, 3.63) is 0 Å². The molecule has 0 heterocycles. The van der Waals surface area contributed by atoms with Crippen molar-refractivity contribution in [2.45, 2.75) is 19.4 Å². The molecule has 0 bridgehead atoms. The standard InChI is InChI=1S/C9H20N2O4/c1-3-8(9(12)11-10)15-7-6-14-5-4-13-2/h8H,3-7,10H2,1-2H3,(H,11,12). The van der Waals surface area contributed by atoms with Gasteiger partial charge in [-0.05, 0) is 6.42 Å². The molecule has 1 atom stereocenters. The van der Waals surface area contributed by atoms with Crippen molar-refractivity contribution in [2.24, 2.45) is 5.84 Å². The lowest BCUT2D eigenvalue weighted by molar-refractivity contribution is -0.134. The van der Waals surface area contributed by atoms with E-state index in [1.165, 1.54) is 0 Å². The van der Waals surface area contributed by atoms with E-state index in [2.05, 4.69) is 5.43 Å². The summed E-state index contributed by atoms with van der Waals surface area (Å²) in [6, 6.07) is 0. The lowest BCUT2D eigenvalue weighted by atomic mass is 10.2. The first kappa shape index (κ1) is 14.3. The molecule has 0 radical (unpaired) electrons. The number of hydrogen-bond acceptors (Lipinski definition) is 5. The average molecular weight is 220 g/mol. The third kappa shape index (κ3) is 7.26. The molecule has 0 spiro atoms. The van der Waals surface area contributed by atoms with Crippen molar-refractivity contribution >= 4 is 5.91 Å². The highest BCUT2D eigenvalue weighted by molar-refractivity contribution is 5.79. The van der Waals surface area contributed by atoms with E-state index in [9.17, 15) is 4.79 Å². The van der Waals surface area contributed by atoms with Gasteiger partial charge < -0.3 is 14.2 Å². The van der Waals surface area contributed by atoms with Gasteiger partial charge in [-0.1, -0.05) is 6.92 Å². The van der Waals surface area contributed by atoms with Crippen molar-refractivity contribution in [2.75, 3.05) is 33.5 Å². The molecule has 0 saturated heterocycles. The Morgan fingerprint density at radius 1 is 1.33 bits per heavy atom. The Morgan fingerprint density at radius 3 is 2.53 bits per heavy atom. The van der Waals surface area contributed by atoms with Crippen molar-refractivity contribution in [3.8, 4) is 0 Å². The fourth-order valence-corrected chi connectivity index (χ4v) is 0.965. The lowest BCUT2D eigenvalue weighted by Crippen LogP contribution is -2.40. The molecule has 1 unspecified atom stereocenters. The van der Waals surface area contributed by atoms with Crippen LogP contribution in [0.4, 0.5) is 0 Å². The molecular formula is C9H20N2O4. The summed E-state index contributed by atoms with van der Waals surface area (Å²) in [7, 11) is 1.61. The summed E-state index contributed by atoms with van der Waals surface area (Å²) in [4.78, 5) is 11.1.